The number of hydrogen-bond acceptors (Lipinski definition) is 4. The average Bonchev–Trinajstić information content (AvgIpc) is 2.89. The number of nitrogens with two attached hydrogens (primary N) is 1. The minimum absolute atomic E-state index is 0.685. The highest BCUT2D eigenvalue weighted by Crippen LogP contribution is 2.27. The van der Waals surface area contributed by atoms with Crippen molar-refractivity contribution in [1.82, 2.24) is 9.38 Å². The lowest BCUT2D eigenvalue weighted by molar-refractivity contribution is 1.23. The van der Waals surface area contributed by atoms with Crippen LogP contribution in [0.15, 0.2) is 35.8 Å². The average molecular weight is 244 g/mol. The van der Waals surface area contributed by atoms with Gasteiger partial charge in [-0.2, -0.15) is 0 Å². The molecule has 0 spiro atoms. The molecule has 0 unspecified atom stereocenters. The molecule has 5 heteroatoms. The van der Waals surface area contributed by atoms with E-state index >= 15 is 0 Å². The third-order valence-electron chi connectivity index (χ3n) is 2.70. The molecule has 0 saturated heterocycles. The van der Waals surface area contributed by atoms with E-state index in [1.54, 1.807) is 11.3 Å². The fourth-order valence-electron chi connectivity index (χ4n) is 1.79. The maximum absolute atomic E-state index is 5.36. The summed E-state index contributed by atoms with van der Waals surface area (Å²) in [5.41, 5.74) is 6.15. The number of aromatic nitrogens is 2. The number of nitrogens with one attached hydrogen (secondary N) is 1. The fourth-order valence-corrected chi connectivity index (χ4v) is 2.67. The van der Waals surface area contributed by atoms with E-state index in [-0.39, 0.29) is 0 Å². The van der Waals surface area contributed by atoms with Gasteiger partial charge in [-0.05, 0) is 12.5 Å². The third-order valence-corrected chi connectivity index (χ3v) is 3.54. The zero-order valence-electron chi connectivity index (χ0n) is 9.34. The first-order valence-electron chi connectivity index (χ1n) is 5.28. The van der Waals surface area contributed by atoms with Gasteiger partial charge in [0.2, 0.25) is 0 Å². The Balaban J connectivity index is 2.16. The Morgan fingerprint density at radius 1 is 1.29 bits per heavy atom. The van der Waals surface area contributed by atoms with Crippen molar-refractivity contribution >= 4 is 22.1 Å². The molecule has 0 aliphatic carbocycles. The summed E-state index contributed by atoms with van der Waals surface area (Å²) >= 11 is 1.61. The molecule has 0 saturated carbocycles. The third kappa shape index (κ3) is 1.69. The Morgan fingerprint density at radius 3 is 2.76 bits per heavy atom. The minimum atomic E-state index is 0.685. The zero-order chi connectivity index (χ0) is 11.8. The molecule has 0 bridgehead atoms. The van der Waals surface area contributed by atoms with E-state index in [1.807, 2.05) is 10.6 Å². The van der Waals surface area contributed by atoms with Crippen molar-refractivity contribution in [3.8, 4) is 11.3 Å². The zero-order valence-corrected chi connectivity index (χ0v) is 10.2. The van der Waals surface area contributed by atoms with Crippen LogP contribution >= 0.6 is 11.3 Å². The predicted molar refractivity (Wildman–Crippen MR) is 71.1 cm³/mol. The Kier molecular flexibility index (Phi) is 2.35. The highest BCUT2D eigenvalue weighted by molar-refractivity contribution is 7.15. The lowest BCUT2D eigenvalue weighted by Gasteiger charge is -2.00. The molecular weight excluding hydrogens is 232 g/mol. The molecule has 0 fully saturated rings. The first-order chi connectivity index (χ1) is 8.28. The second-order valence-electron chi connectivity index (χ2n) is 3.91. The molecule has 0 atom stereocenters. The number of rotatable bonds is 2. The number of imidazole rings is 1. The number of anilines is 1. The summed E-state index contributed by atoms with van der Waals surface area (Å²) in [5.74, 6) is 6.05. The maximum Gasteiger partial charge on any atom is 0.196 e. The van der Waals surface area contributed by atoms with Crippen molar-refractivity contribution in [3.05, 3.63) is 41.4 Å². The van der Waals surface area contributed by atoms with Crippen LogP contribution in [0.25, 0.3) is 16.2 Å². The van der Waals surface area contributed by atoms with Gasteiger partial charge in [-0.25, -0.2) is 10.8 Å². The second kappa shape index (κ2) is 3.87. The predicted octanol–water partition coefficient (Wildman–Crippen LogP) is 2.66. The standard InChI is InChI=1S/C12H12N4S/c1-8-2-4-9(5-3-8)10-7-17-12-14-11(15-13)6-16(10)12/h2-7,15H,13H2,1H3. The summed E-state index contributed by atoms with van der Waals surface area (Å²) in [7, 11) is 0. The van der Waals surface area contributed by atoms with E-state index in [4.69, 9.17) is 5.84 Å². The van der Waals surface area contributed by atoms with E-state index in [0.29, 0.717) is 5.82 Å². The Hall–Kier alpha value is -1.85. The summed E-state index contributed by atoms with van der Waals surface area (Å²) < 4.78 is 2.05. The largest absolute Gasteiger partial charge is 0.307 e. The van der Waals surface area contributed by atoms with Crippen LogP contribution in [0.3, 0.4) is 0 Å². The summed E-state index contributed by atoms with van der Waals surface area (Å²) in [6, 6.07) is 8.45. The van der Waals surface area contributed by atoms with Crippen LogP contribution in [-0.4, -0.2) is 9.38 Å². The summed E-state index contributed by atoms with van der Waals surface area (Å²) in [6.07, 6.45) is 1.90. The Labute approximate surface area is 103 Å². The lowest BCUT2D eigenvalue weighted by atomic mass is 10.1. The van der Waals surface area contributed by atoms with E-state index in [0.717, 1.165) is 10.7 Å². The molecule has 17 heavy (non-hydrogen) atoms. The number of nitrogens with zero attached hydrogens (tertiary/aromatic N) is 2. The van der Waals surface area contributed by atoms with Gasteiger partial charge in [0.25, 0.3) is 0 Å². The highest BCUT2D eigenvalue weighted by Gasteiger charge is 2.08. The monoisotopic (exact) mass is 244 g/mol. The van der Waals surface area contributed by atoms with Crippen LogP contribution in [0.2, 0.25) is 0 Å². The van der Waals surface area contributed by atoms with Crippen LogP contribution in [0.4, 0.5) is 5.82 Å². The van der Waals surface area contributed by atoms with E-state index in [1.165, 1.54) is 11.1 Å². The molecular formula is C12H12N4S. The van der Waals surface area contributed by atoms with Crippen molar-refractivity contribution in [1.29, 1.82) is 0 Å². The molecule has 3 aromatic rings. The van der Waals surface area contributed by atoms with Gasteiger partial charge in [0, 0.05) is 5.38 Å². The molecule has 0 radical (unpaired) electrons. The van der Waals surface area contributed by atoms with Crippen molar-refractivity contribution in [2.75, 3.05) is 5.43 Å². The van der Waals surface area contributed by atoms with E-state index in [9.17, 15) is 0 Å². The summed E-state index contributed by atoms with van der Waals surface area (Å²) in [6.45, 7) is 2.08. The van der Waals surface area contributed by atoms with Crippen LogP contribution < -0.4 is 11.3 Å². The van der Waals surface area contributed by atoms with Crippen LogP contribution in [0.1, 0.15) is 5.56 Å². The molecule has 0 aliphatic rings. The Morgan fingerprint density at radius 2 is 2.06 bits per heavy atom. The van der Waals surface area contributed by atoms with Gasteiger partial charge in [0.05, 0.1) is 11.9 Å². The first kappa shape index (κ1) is 10.3. The number of fused-ring (bicyclic) bond motifs is 1. The molecule has 2 heterocycles. The molecule has 1 aromatic carbocycles. The van der Waals surface area contributed by atoms with Gasteiger partial charge in [0.15, 0.2) is 10.8 Å². The quantitative estimate of drug-likeness (QED) is 0.538. The number of hydrazine groups is 1. The van der Waals surface area contributed by atoms with Crippen molar-refractivity contribution in [3.63, 3.8) is 0 Å². The van der Waals surface area contributed by atoms with Crippen LogP contribution in [-0.2, 0) is 0 Å². The molecule has 0 amide bonds. The first-order valence-corrected chi connectivity index (χ1v) is 6.16. The van der Waals surface area contributed by atoms with Gasteiger partial charge in [-0.15, -0.1) is 11.3 Å². The highest BCUT2D eigenvalue weighted by atomic mass is 32.1. The molecule has 3 rings (SSSR count). The topological polar surface area (TPSA) is 55.3 Å². The number of thiazole rings is 1. The van der Waals surface area contributed by atoms with E-state index < -0.39 is 0 Å². The lowest BCUT2D eigenvalue weighted by Crippen LogP contribution is -2.06. The second-order valence-corrected chi connectivity index (χ2v) is 4.75. The molecule has 0 aliphatic heterocycles. The van der Waals surface area contributed by atoms with Gasteiger partial charge in [-0.3, -0.25) is 4.40 Å². The smallest absolute Gasteiger partial charge is 0.196 e. The molecule has 86 valence electrons. The summed E-state index contributed by atoms with van der Waals surface area (Å²) in [5, 5.41) is 2.10. The molecule has 3 N–H and O–H groups in total. The normalized spacial score (nSPS) is 10.9. The van der Waals surface area contributed by atoms with Crippen molar-refractivity contribution in [2.24, 2.45) is 5.84 Å². The van der Waals surface area contributed by atoms with E-state index in [2.05, 4.69) is 47.0 Å². The van der Waals surface area contributed by atoms with Crippen LogP contribution in [0.5, 0.6) is 0 Å². The number of aryl methyl sites for hydroxylation is 1. The molecule has 2 aromatic heterocycles. The van der Waals surface area contributed by atoms with Gasteiger partial charge in [-0.1, -0.05) is 29.8 Å². The van der Waals surface area contributed by atoms with Crippen LogP contribution in [0, 0.1) is 6.92 Å². The minimum Gasteiger partial charge on any atom is -0.307 e. The number of benzene rings is 1. The molecule has 4 nitrogen and oxygen atoms in total. The van der Waals surface area contributed by atoms with Crippen molar-refractivity contribution < 1.29 is 0 Å². The Bertz CT molecular complexity index is 651. The van der Waals surface area contributed by atoms with Gasteiger partial charge < -0.3 is 5.43 Å². The SMILES string of the molecule is Cc1ccc(-c2csc3nc(NN)cn23)cc1. The van der Waals surface area contributed by atoms with Crippen molar-refractivity contribution in [2.45, 2.75) is 6.92 Å². The maximum atomic E-state index is 5.36. The summed E-state index contributed by atoms with van der Waals surface area (Å²) in [4.78, 5) is 5.28. The van der Waals surface area contributed by atoms with Gasteiger partial charge in [0.1, 0.15) is 0 Å². The van der Waals surface area contributed by atoms with Gasteiger partial charge >= 0.3 is 0 Å². The number of nitrogen functional groups attached to an aromatic ring is 1. The number of hydrogen-bond donors (Lipinski definition) is 2. The fraction of sp³-hybridized carbons (Fsp3) is 0.0833.